The highest BCUT2D eigenvalue weighted by atomic mass is 35.5. The summed E-state index contributed by atoms with van der Waals surface area (Å²) in [7, 11) is 1.73. The summed E-state index contributed by atoms with van der Waals surface area (Å²) in [5.74, 6) is -0.671. The number of ether oxygens (including phenoxy) is 1. The molecule has 0 bridgehead atoms. The van der Waals surface area contributed by atoms with E-state index >= 15 is 0 Å². The first-order valence-electron chi connectivity index (χ1n) is 12.7. The summed E-state index contributed by atoms with van der Waals surface area (Å²) in [6.45, 7) is 6.22. The fourth-order valence-electron chi connectivity index (χ4n) is 4.62. The molecule has 1 N–H and O–H groups in total. The molecule has 0 radical (unpaired) electrons. The normalized spacial score (nSPS) is 11.7. The van der Waals surface area contributed by atoms with Crippen LogP contribution in [-0.4, -0.2) is 27.9 Å². The van der Waals surface area contributed by atoms with Gasteiger partial charge in [0.25, 0.3) is 0 Å². The first-order chi connectivity index (χ1) is 19.3. The monoisotopic (exact) mass is 605 g/mol. The summed E-state index contributed by atoms with van der Waals surface area (Å²) >= 11 is 12.9. The number of aromatic nitrogens is 2. The minimum absolute atomic E-state index is 0.0702. The maximum Gasteiger partial charge on any atom is 0.416 e. The number of alkyl halides is 3. The topological polar surface area (TPSA) is 67.6 Å². The maximum absolute atomic E-state index is 13.3. The Morgan fingerprint density at radius 3 is 2.37 bits per heavy atom. The third kappa shape index (κ3) is 6.80. The Hall–Kier alpha value is -3.69. The third-order valence-electron chi connectivity index (χ3n) is 6.61. The Morgan fingerprint density at radius 2 is 1.78 bits per heavy atom. The van der Waals surface area contributed by atoms with Crippen molar-refractivity contribution in [3.8, 4) is 11.4 Å². The minimum Gasteiger partial charge on any atom is -0.487 e. The molecule has 6 nitrogen and oxygen atoms in total. The van der Waals surface area contributed by atoms with Crippen LogP contribution in [0.1, 0.15) is 58.1 Å². The number of halogens is 5. The largest absolute Gasteiger partial charge is 0.487 e. The number of carboxylic acid groups (broad SMARTS) is 1. The summed E-state index contributed by atoms with van der Waals surface area (Å²) in [5, 5.41) is 14.7. The van der Waals surface area contributed by atoms with E-state index in [9.17, 15) is 23.1 Å². The van der Waals surface area contributed by atoms with Crippen molar-refractivity contribution in [1.82, 2.24) is 9.78 Å². The van der Waals surface area contributed by atoms with Gasteiger partial charge in [0.1, 0.15) is 18.0 Å². The predicted octanol–water partition coefficient (Wildman–Crippen LogP) is 8.54. The molecule has 0 aliphatic rings. The van der Waals surface area contributed by atoms with E-state index in [1.807, 2.05) is 19.1 Å². The average molecular weight is 606 g/mol. The van der Waals surface area contributed by atoms with Crippen LogP contribution in [-0.2, 0) is 19.3 Å². The van der Waals surface area contributed by atoms with Crippen molar-refractivity contribution >= 4 is 34.9 Å². The lowest BCUT2D eigenvalue weighted by Gasteiger charge is -2.23. The number of aromatic carboxylic acids is 1. The van der Waals surface area contributed by atoms with Gasteiger partial charge < -0.3 is 14.7 Å². The van der Waals surface area contributed by atoms with Crippen molar-refractivity contribution in [2.24, 2.45) is 0 Å². The van der Waals surface area contributed by atoms with Crippen LogP contribution in [0, 0.1) is 6.92 Å². The first-order valence-corrected chi connectivity index (χ1v) is 13.4. The van der Waals surface area contributed by atoms with Crippen LogP contribution in [0.2, 0.25) is 10.0 Å². The molecule has 0 saturated carbocycles. The van der Waals surface area contributed by atoms with Crippen LogP contribution in [0.3, 0.4) is 0 Å². The number of para-hydroxylation sites is 1. The Labute approximate surface area is 245 Å². The summed E-state index contributed by atoms with van der Waals surface area (Å²) in [5.41, 5.74) is 2.73. The second-order valence-corrected chi connectivity index (χ2v) is 10.8. The molecule has 1 aromatic heterocycles. The molecule has 0 amide bonds. The molecular formula is C30H28Cl2F3N3O3. The van der Waals surface area contributed by atoms with Crippen molar-refractivity contribution in [1.29, 1.82) is 0 Å². The van der Waals surface area contributed by atoms with Crippen LogP contribution >= 0.6 is 23.2 Å². The van der Waals surface area contributed by atoms with E-state index in [0.717, 1.165) is 28.6 Å². The number of hydrogen-bond donors (Lipinski definition) is 1. The summed E-state index contributed by atoms with van der Waals surface area (Å²) in [6, 6.07) is 13.5. The van der Waals surface area contributed by atoms with E-state index in [2.05, 4.69) is 18.9 Å². The quantitative estimate of drug-likeness (QED) is 0.207. The van der Waals surface area contributed by atoms with Gasteiger partial charge in [0.05, 0.1) is 33.1 Å². The van der Waals surface area contributed by atoms with Gasteiger partial charge in [-0.2, -0.15) is 18.3 Å². The van der Waals surface area contributed by atoms with Crippen molar-refractivity contribution in [3.05, 3.63) is 104 Å². The molecule has 41 heavy (non-hydrogen) atoms. The summed E-state index contributed by atoms with van der Waals surface area (Å²) in [4.78, 5) is 13.2. The Morgan fingerprint density at radius 1 is 1.10 bits per heavy atom. The smallest absolute Gasteiger partial charge is 0.416 e. The minimum atomic E-state index is -4.66. The molecule has 0 spiro atoms. The van der Waals surface area contributed by atoms with E-state index in [1.165, 1.54) is 6.07 Å². The van der Waals surface area contributed by atoms with Crippen molar-refractivity contribution in [3.63, 3.8) is 0 Å². The van der Waals surface area contributed by atoms with Gasteiger partial charge in [0.2, 0.25) is 0 Å². The van der Waals surface area contributed by atoms with Gasteiger partial charge in [-0.1, -0.05) is 43.1 Å². The lowest BCUT2D eigenvalue weighted by Crippen LogP contribution is -2.19. The molecule has 216 valence electrons. The van der Waals surface area contributed by atoms with Crippen LogP contribution in [0.5, 0.6) is 5.75 Å². The van der Waals surface area contributed by atoms with Crippen LogP contribution < -0.4 is 9.64 Å². The van der Waals surface area contributed by atoms with Crippen molar-refractivity contribution in [2.45, 2.75) is 46.0 Å². The van der Waals surface area contributed by atoms with Crippen LogP contribution in [0.15, 0.2) is 60.8 Å². The van der Waals surface area contributed by atoms with E-state index in [4.69, 9.17) is 27.9 Å². The van der Waals surface area contributed by atoms with Gasteiger partial charge in [0.15, 0.2) is 0 Å². The first kappa shape index (κ1) is 30.3. The molecule has 0 atom stereocenters. The zero-order valence-electron chi connectivity index (χ0n) is 22.8. The lowest BCUT2D eigenvalue weighted by atomic mass is 10.0. The molecule has 0 fully saturated rings. The number of anilines is 1. The zero-order valence-corrected chi connectivity index (χ0v) is 24.3. The van der Waals surface area contributed by atoms with Gasteiger partial charge in [-0.25, -0.2) is 9.48 Å². The molecule has 0 aliphatic heterocycles. The van der Waals surface area contributed by atoms with E-state index in [-0.39, 0.29) is 24.6 Å². The number of carbonyl (C=O) groups is 1. The lowest BCUT2D eigenvalue weighted by molar-refractivity contribution is -0.137. The number of aryl methyl sites for hydroxylation is 1. The summed E-state index contributed by atoms with van der Waals surface area (Å²) < 4.78 is 47.9. The third-order valence-corrected chi connectivity index (χ3v) is 7.22. The number of rotatable bonds is 9. The standard InChI is InChI=1S/C30H28Cl2F3N3O3/c1-17(2)23-14-36-38(28-24(31)6-5-7-25(28)32)27(23)16-41-22-8-9-26(18(3)10-22)37(4)15-19-11-20(29(39)40)13-21(12-19)30(33,34)35/h5-14,17H,15-16H2,1-4H3,(H,39,40). The highest BCUT2D eigenvalue weighted by Crippen LogP contribution is 2.34. The second-order valence-electron chi connectivity index (χ2n) is 10.00. The van der Waals surface area contributed by atoms with Crippen LogP contribution in [0.25, 0.3) is 5.69 Å². The Kier molecular flexibility index (Phi) is 8.89. The molecule has 11 heteroatoms. The fraction of sp³-hybridized carbons (Fsp3) is 0.267. The number of nitrogens with zero attached hydrogens (tertiary/aromatic N) is 3. The second kappa shape index (κ2) is 12.0. The summed E-state index contributed by atoms with van der Waals surface area (Å²) in [6.07, 6.45) is -2.88. The Balaban J connectivity index is 1.56. The van der Waals surface area contributed by atoms with E-state index < -0.39 is 23.3 Å². The molecule has 4 rings (SSSR count). The zero-order chi connectivity index (χ0) is 30.1. The van der Waals surface area contributed by atoms with Gasteiger partial charge in [-0.3, -0.25) is 0 Å². The molecule has 0 aliphatic carbocycles. The molecule has 0 unspecified atom stereocenters. The average Bonchev–Trinajstić information content (AvgIpc) is 3.30. The van der Waals surface area contributed by atoms with Crippen molar-refractivity contribution < 1.29 is 27.8 Å². The maximum atomic E-state index is 13.3. The van der Waals surface area contributed by atoms with Crippen LogP contribution in [0.4, 0.5) is 18.9 Å². The molecule has 3 aromatic carbocycles. The highest BCUT2D eigenvalue weighted by Gasteiger charge is 2.32. The number of carboxylic acids is 1. The molecular weight excluding hydrogens is 578 g/mol. The van der Waals surface area contributed by atoms with Gasteiger partial charge in [-0.05, 0) is 78.1 Å². The number of hydrogen-bond acceptors (Lipinski definition) is 4. The van der Waals surface area contributed by atoms with Gasteiger partial charge >= 0.3 is 12.1 Å². The van der Waals surface area contributed by atoms with Gasteiger partial charge in [0, 0.05) is 19.3 Å². The fourth-order valence-corrected chi connectivity index (χ4v) is 5.18. The predicted molar refractivity (Wildman–Crippen MR) is 154 cm³/mol. The highest BCUT2D eigenvalue weighted by molar-refractivity contribution is 6.37. The van der Waals surface area contributed by atoms with Crippen molar-refractivity contribution in [2.75, 3.05) is 11.9 Å². The SMILES string of the molecule is Cc1cc(OCc2c(C(C)C)cnn2-c2c(Cl)cccc2Cl)ccc1N(C)Cc1cc(C(=O)O)cc(C(F)(F)F)c1. The molecule has 0 saturated heterocycles. The van der Waals surface area contributed by atoms with E-state index in [0.29, 0.717) is 27.5 Å². The van der Waals surface area contributed by atoms with E-state index in [1.54, 1.807) is 47.1 Å². The molecule has 1 heterocycles. The molecule has 4 aromatic rings. The van der Waals surface area contributed by atoms with Gasteiger partial charge in [-0.15, -0.1) is 0 Å². The number of benzene rings is 3. The Bertz CT molecular complexity index is 1560.